The third kappa shape index (κ3) is 2.81. The lowest BCUT2D eigenvalue weighted by molar-refractivity contribution is 0.102. The number of aromatic nitrogens is 1. The van der Waals surface area contributed by atoms with E-state index in [2.05, 4.69) is 10.3 Å². The van der Waals surface area contributed by atoms with Crippen molar-refractivity contribution in [1.29, 1.82) is 0 Å². The second-order valence-electron chi connectivity index (χ2n) is 3.75. The molecule has 0 unspecified atom stereocenters. The highest BCUT2D eigenvalue weighted by Crippen LogP contribution is 2.10. The van der Waals surface area contributed by atoms with Crippen molar-refractivity contribution in [2.75, 3.05) is 5.32 Å². The molecule has 1 heterocycles. The van der Waals surface area contributed by atoms with E-state index in [9.17, 15) is 9.59 Å². The van der Waals surface area contributed by atoms with Crippen molar-refractivity contribution in [3.63, 3.8) is 0 Å². The summed E-state index contributed by atoms with van der Waals surface area (Å²) in [6, 6.07) is 11.9. The Labute approximate surface area is 98.3 Å². The second-order valence-corrected chi connectivity index (χ2v) is 3.75. The maximum atomic E-state index is 11.8. The molecule has 17 heavy (non-hydrogen) atoms. The van der Waals surface area contributed by atoms with Gasteiger partial charge in [0.2, 0.25) is 5.56 Å². The molecule has 86 valence electrons. The Kier molecular flexibility index (Phi) is 3.05. The highest BCUT2D eigenvalue weighted by molar-refractivity contribution is 6.02. The maximum absolute atomic E-state index is 11.8. The Morgan fingerprint density at radius 2 is 1.94 bits per heavy atom. The topological polar surface area (TPSA) is 62.0 Å². The van der Waals surface area contributed by atoms with Gasteiger partial charge < -0.3 is 10.3 Å². The van der Waals surface area contributed by atoms with Crippen molar-refractivity contribution in [3.05, 3.63) is 64.1 Å². The van der Waals surface area contributed by atoms with Crippen LogP contribution in [0.1, 0.15) is 16.1 Å². The van der Waals surface area contributed by atoms with Gasteiger partial charge in [-0.3, -0.25) is 9.59 Å². The van der Waals surface area contributed by atoms with Crippen LogP contribution in [0, 0.1) is 6.92 Å². The second kappa shape index (κ2) is 4.65. The molecule has 0 saturated heterocycles. The van der Waals surface area contributed by atoms with Crippen molar-refractivity contribution in [2.45, 2.75) is 6.92 Å². The zero-order valence-electron chi connectivity index (χ0n) is 9.36. The number of aryl methyl sites for hydroxylation is 1. The lowest BCUT2D eigenvalue weighted by atomic mass is 10.2. The Morgan fingerprint density at radius 3 is 2.65 bits per heavy atom. The van der Waals surface area contributed by atoms with E-state index in [1.54, 1.807) is 18.2 Å². The molecule has 1 aromatic carbocycles. The first kappa shape index (κ1) is 11.1. The van der Waals surface area contributed by atoms with Crippen LogP contribution in [0.25, 0.3) is 0 Å². The summed E-state index contributed by atoms with van der Waals surface area (Å²) in [5.74, 6) is -0.326. The average molecular weight is 228 g/mol. The van der Waals surface area contributed by atoms with E-state index in [-0.39, 0.29) is 17.2 Å². The minimum absolute atomic E-state index is 0.249. The molecule has 0 spiro atoms. The number of amides is 1. The van der Waals surface area contributed by atoms with Crippen LogP contribution in [0.2, 0.25) is 0 Å². The molecule has 1 aromatic heterocycles. The first-order valence-electron chi connectivity index (χ1n) is 5.22. The van der Waals surface area contributed by atoms with Crippen LogP contribution in [0.15, 0.2) is 47.3 Å². The minimum atomic E-state index is -0.326. The van der Waals surface area contributed by atoms with Gasteiger partial charge in [0.05, 0.1) is 0 Å². The first-order valence-corrected chi connectivity index (χ1v) is 5.22. The molecule has 0 aliphatic rings. The van der Waals surface area contributed by atoms with E-state index in [1.165, 1.54) is 6.07 Å². The van der Waals surface area contributed by atoms with Gasteiger partial charge >= 0.3 is 0 Å². The summed E-state index contributed by atoms with van der Waals surface area (Å²) < 4.78 is 0. The lowest BCUT2D eigenvalue weighted by Gasteiger charge is -2.05. The Hall–Kier alpha value is -2.36. The first-order chi connectivity index (χ1) is 8.15. The maximum Gasteiger partial charge on any atom is 0.272 e. The number of benzene rings is 1. The largest absolute Gasteiger partial charge is 0.321 e. The van der Waals surface area contributed by atoms with Crippen LogP contribution >= 0.6 is 0 Å². The molecule has 0 bridgehead atoms. The molecular weight excluding hydrogens is 216 g/mol. The fourth-order valence-electron chi connectivity index (χ4n) is 1.50. The fourth-order valence-corrected chi connectivity index (χ4v) is 1.50. The van der Waals surface area contributed by atoms with Crippen molar-refractivity contribution < 1.29 is 4.79 Å². The van der Waals surface area contributed by atoms with Crippen molar-refractivity contribution in [1.82, 2.24) is 4.98 Å². The standard InChI is InChI=1S/C13H12N2O2/c1-9-4-2-5-10(8-9)14-13(17)11-6-3-7-12(16)15-11/h2-8H,1H3,(H,14,17)(H,15,16). The lowest BCUT2D eigenvalue weighted by Crippen LogP contribution is -2.17. The molecule has 0 aliphatic heterocycles. The molecule has 4 heteroatoms. The van der Waals surface area contributed by atoms with Crippen molar-refractivity contribution in [2.24, 2.45) is 0 Å². The van der Waals surface area contributed by atoms with E-state index in [0.29, 0.717) is 5.69 Å². The third-order valence-electron chi connectivity index (χ3n) is 2.29. The number of nitrogens with one attached hydrogen (secondary N) is 2. The number of hydrogen-bond acceptors (Lipinski definition) is 2. The summed E-state index contributed by atoms with van der Waals surface area (Å²) in [5.41, 5.74) is 1.73. The number of hydrogen-bond donors (Lipinski definition) is 2. The number of pyridine rings is 1. The highest BCUT2D eigenvalue weighted by atomic mass is 16.2. The van der Waals surface area contributed by atoms with Gasteiger partial charge in [-0.25, -0.2) is 0 Å². The van der Waals surface area contributed by atoms with E-state index in [4.69, 9.17) is 0 Å². The summed E-state index contributed by atoms with van der Waals surface area (Å²) in [6.07, 6.45) is 0. The monoisotopic (exact) mass is 228 g/mol. The molecule has 0 fully saturated rings. The number of carbonyl (C=O) groups is 1. The van der Waals surface area contributed by atoms with Gasteiger partial charge in [-0.15, -0.1) is 0 Å². The van der Waals surface area contributed by atoms with Crippen molar-refractivity contribution in [3.8, 4) is 0 Å². The van der Waals surface area contributed by atoms with Crippen LogP contribution in [0.3, 0.4) is 0 Å². The summed E-state index contributed by atoms with van der Waals surface area (Å²) in [5, 5.41) is 2.72. The van der Waals surface area contributed by atoms with Gasteiger partial charge in [0.25, 0.3) is 5.91 Å². The van der Waals surface area contributed by atoms with Gasteiger partial charge in [-0.1, -0.05) is 18.2 Å². The molecule has 2 rings (SSSR count). The Bertz CT molecular complexity index is 602. The Morgan fingerprint density at radius 1 is 1.18 bits per heavy atom. The van der Waals surface area contributed by atoms with Crippen molar-refractivity contribution >= 4 is 11.6 Å². The predicted molar refractivity (Wildman–Crippen MR) is 66.2 cm³/mol. The van der Waals surface area contributed by atoms with Gasteiger partial charge in [0.1, 0.15) is 5.69 Å². The molecule has 0 radical (unpaired) electrons. The van der Waals surface area contributed by atoms with E-state index >= 15 is 0 Å². The van der Waals surface area contributed by atoms with E-state index < -0.39 is 0 Å². The van der Waals surface area contributed by atoms with Gasteiger partial charge in [-0.2, -0.15) is 0 Å². The van der Waals surface area contributed by atoms with Crippen LogP contribution in [0.4, 0.5) is 5.69 Å². The normalized spacial score (nSPS) is 9.94. The van der Waals surface area contributed by atoms with Crippen LogP contribution < -0.4 is 10.9 Å². The number of rotatable bonds is 2. The number of carbonyl (C=O) groups excluding carboxylic acids is 1. The predicted octanol–water partition coefficient (Wildman–Crippen LogP) is 1.94. The smallest absolute Gasteiger partial charge is 0.272 e. The zero-order valence-corrected chi connectivity index (χ0v) is 9.36. The Balaban J connectivity index is 2.20. The summed E-state index contributed by atoms with van der Waals surface area (Å²) in [7, 11) is 0. The zero-order chi connectivity index (χ0) is 12.3. The van der Waals surface area contributed by atoms with Gasteiger partial charge in [-0.05, 0) is 30.7 Å². The molecule has 0 saturated carbocycles. The quantitative estimate of drug-likeness (QED) is 0.825. The summed E-state index contributed by atoms with van der Waals surface area (Å²) in [4.78, 5) is 25.3. The van der Waals surface area contributed by atoms with Gasteiger partial charge in [0, 0.05) is 11.8 Å². The van der Waals surface area contributed by atoms with E-state index in [1.807, 2.05) is 25.1 Å². The third-order valence-corrected chi connectivity index (χ3v) is 2.29. The fraction of sp³-hybridized carbons (Fsp3) is 0.0769. The number of aromatic amines is 1. The molecule has 0 aliphatic carbocycles. The SMILES string of the molecule is Cc1cccc(NC(=O)c2cccc(=O)[nH]2)c1. The summed E-state index contributed by atoms with van der Waals surface area (Å²) >= 11 is 0. The van der Waals surface area contributed by atoms with Crippen LogP contribution in [0.5, 0.6) is 0 Å². The molecule has 1 amide bonds. The van der Waals surface area contributed by atoms with E-state index in [0.717, 1.165) is 5.56 Å². The molecule has 4 nitrogen and oxygen atoms in total. The number of anilines is 1. The molecule has 0 atom stereocenters. The number of H-pyrrole nitrogens is 1. The highest BCUT2D eigenvalue weighted by Gasteiger charge is 2.06. The average Bonchev–Trinajstić information content (AvgIpc) is 2.29. The van der Waals surface area contributed by atoms with Crippen LogP contribution in [-0.4, -0.2) is 10.9 Å². The molecule has 2 aromatic rings. The molecular formula is C13H12N2O2. The van der Waals surface area contributed by atoms with Crippen LogP contribution in [-0.2, 0) is 0 Å². The molecule has 2 N–H and O–H groups in total. The minimum Gasteiger partial charge on any atom is -0.321 e. The van der Waals surface area contributed by atoms with Gasteiger partial charge in [0.15, 0.2) is 0 Å². The summed E-state index contributed by atoms with van der Waals surface area (Å²) in [6.45, 7) is 1.94.